The van der Waals surface area contributed by atoms with Gasteiger partial charge in [0.05, 0.1) is 51.7 Å². The van der Waals surface area contributed by atoms with Gasteiger partial charge in [-0.15, -0.1) is 0 Å². The third kappa shape index (κ3) is 3.59. The van der Waals surface area contributed by atoms with Crippen LogP contribution >= 0.6 is 0 Å². The quantitative estimate of drug-likeness (QED) is 0.311. The van der Waals surface area contributed by atoms with Crippen molar-refractivity contribution < 1.29 is 23.4 Å². The lowest BCUT2D eigenvalue weighted by molar-refractivity contribution is -0.137. The van der Waals surface area contributed by atoms with Crippen LogP contribution in [-0.4, -0.2) is 50.3 Å². The molecule has 7 nitrogen and oxygen atoms in total. The Balaban J connectivity index is 1.59. The lowest BCUT2D eigenvalue weighted by Crippen LogP contribution is -2.47. The normalized spacial score (nSPS) is 22.8. The molecule has 0 saturated carbocycles. The average molecular weight is 465 g/mol. The minimum Gasteiger partial charge on any atom is -0.504 e. The van der Waals surface area contributed by atoms with Crippen LogP contribution < -0.4 is 4.74 Å². The van der Waals surface area contributed by atoms with E-state index in [2.05, 4.69) is 28.9 Å². The van der Waals surface area contributed by atoms with E-state index in [1.54, 1.807) is 33.0 Å². The number of piperidine rings is 1. The Kier molecular flexibility index (Phi) is 6.13. The predicted octanol–water partition coefficient (Wildman–Crippen LogP) is 5.09. The SMILES string of the molecule is CC[C@@H]1CN2CCc3c([nH]c4ccc(-c5ccoc5)c(OC)c34)C2C[C@@H]1/C(=C\OC)C(=O)OC. The van der Waals surface area contributed by atoms with E-state index in [9.17, 15) is 4.79 Å². The molecule has 2 aliphatic heterocycles. The molecule has 0 amide bonds. The number of esters is 1. The molecule has 2 aromatic heterocycles. The highest BCUT2D eigenvalue weighted by Gasteiger charge is 2.43. The maximum Gasteiger partial charge on any atom is 0.337 e. The van der Waals surface area contributed by atoms with Gasteiger partial charge >= 0.3 is 5.97 Å². The fourth-order valence-electron chi connectivity index (χ4n) is 6.01. The number of ether oxygens (including phenoxy) is 3. The molecule has 3 atom stereocenters. The number of furan rings is 1. The lowest BCUT2D eigenvalue weighted by atomic mass is 9.74. The Bertz CT molecular complexity index is 1210. The van der Waals surface area contributed by atoms with Crippen molar-refractivity contribution in [1.29, 1.82) is 0 Å². The van der Waals surface area contributed by atoms with E-state index >= 15 is 0 Å². The van der Waals surface area contributed by atoms with Crippen LogP contribution in [0.3, 0.4) is 0 Å². The lowest BCUT2D eigenvalue weighted by Gasteiger charge is -2.46. The monoisotopic (exact) mass is 464 g/mol. The van der Waals surface area contributed by atoms with E-state index in [0.717, 1.165) is 60.1 Å². The summed E-state index contributed by atoms with van der Waals surface area (Å²) >= 11 is 0. The number of rotatable bonds is 6. The molecule has 0 radical (unpaired) electrons. The van der Waals surface area contributed by atoms with E-state index in [-0.39, 0.29) is 17.9 Å². The molecule has 1 unspecified atom stereocenters. The van der Waals surface area contributed by atoms with Crippen LogP contribution in [0.25, 0.3) is 22.0 Å². The number of carbonyl (C=O) groups excluding carboxylic acids is 1. The second kappa shape index (κ2) is 9.22. The Hall–Kier alpha value is -3.19. The topological polar surface area (TPSA) is 76.9 Å². The van der Waals surface area contributed by atoms with Gasteiger partial charge in [-0.05, 0) is 48.4 Å². The molecule has 3 aromatic rings. The van der Waals surface area contributed by atoms with Gasteiger partial charge in [-0.2, -0.15) is 0 Å². The van der Waals surface area contributed by atoms with Gasteiger partial charge in [0.25, 0.3) is 0 Å². The Morgan fingerprint density at radius 3 is 2.79 bits per heavy atom. The van der Waals surface area contributed by atoms with E-state index in [1.165, 1.54) is 18.4 Å². The summed E-state index contributed by atoms with van der Waals surface area (Å²) in [6.45, 7) is 4.12. The first-order chi connectivity index (χ1) is 16.6. The fraction of sp³-hybridized carbons (Fsp3) is 0.444. The second-order valence-electron chi connectivity index (χ2n) is 9.17. The van der Waals surface area contributed by atoms with Crippen LogP contribution in [0.15, 0.2) is 47.0 Å². The number of fused-ring (bicyclic) bond motifs is 5. The Labute approximate surface area is 199 Å². The highest BCUT2D eigenvalue weighted by Crippen LogP contribution is 2.48. The molecule has 2 aliphatic rings. The number of carbonyl (C=O) groups is 1. The summed E-state index contributed by atoms with van der Waals surface area (Å²) < 4.78 is 21.7. The van der Waals surface area contributed by atoms with Gasteiger partial charge in [0.2, 0.25) is 0 Å². The number of aromatic amines is 1. The number of H-pyrrole nitrogens is 1. The number of benzene rings is 1. The zero-order valence-corrected chi connectivity index (χ0v) is 20.2. The smallest absolute Gasteiger partial charge is 0.337 e. The molecule has 4 heterocycles. The molecule has 0 bridgehead atoms. The summed E-state index contributed by atoms with van der Waals surface area (Å²) in [6, 6.07) is 6.36. The van der Waals surface area contributed by atoms with Crippen LogP contribution in [0.1, 0.15) is 37.1 Å². The number of methoxy groups -OCH3 is 3. The van der Waals surface area contributed by atoms with E-state index in [0.29, 0.717) is 11.5 Å². The van der Waals surface area contributed by atoms with Gasteiger partial charge in [-0.25, -0.2) is 4.79 Å². The van der Waals surface area contributed by atoms with Crippen molar-refractivity contribution in [2.45, 2.75) is 32.2 Å². The zero-order chi connectivity index (χ0) is 23.8. The standard InChI is InChI=1S/C27H32N2O5/c1-5-16-13-29-10-8-19-24-22(7-6-18(26(24)32-3)17-9-11-34-14-17)28-25(19)23(29)12-20(16)21(15-31-2)27(30)33-4/h6-7,9,11,14-16,20,23,28H,5,8,10,12-13H2,1-4H3/b21-15+/t16-,20+,23?/m1/s1. The first-order valence-electron chi connectivity index (χ1n) is 11.9. The van der Waals surface area contributed by atoms with Gasteiger partial charge < -0.3 is 23.6 Å². The first-order valence-corrected chi connectivity index (χ1v) is 11.9. The maximum absolute atomic E-state index is 12.6. The summed E-state index contributed by atoms with van der Waals surface area (Å²) in [5.74, 6) is 1.00. The average Bonchev–Trinajstić information content (AvgIpc) is 3.53. The van der Waals surface area contributed by atoms with Crippen molar-refractivity contribution in [1.82, 2.24) is 9.88 Å². The molecule has 34 heavy (non-hydrogen) atoms. The molecule has 7 heteroatoms. The van der Waals surface area contributed by atoms with E-state index in [1.807, 2.05) is 6.07 Å². The van der Waals surface area contributed by atoms with Crippen LogP contribution in [0.5, 0.6) is 5.75 Å². The Morgan fingerprint density at radius 2 is 2.12 bits per heavy atom. The summed E-state index contributed by atoms with van der Waals surface area (Å²) in [5.41, 5.74) is 6.26. The summed E-state index contributed by atoms with van der Waals surface area (Å²) in [7, 11) is 4.75. The first kappa shape index (κ1) is 22.6. The van der Waals surface area contributed by atoms with Crippen molar-refractivity contribution in [3.05, 3.63) is 53.8 Å². The number of hydrogen-bond acceptors (Lipinski definition) is 6. The third-order valence-corrected chi connectivity index (χ3v) is 7.62. The molecular formula is C27H32N2O5. The molecule has 1 aromatic carbocycles. The number of hydrogen-bond donors (Lipinski definition) is 1. The van der Waals surface area contributed by atoms with Crippen molar-refractivity contribution in [2.24, 2.45) is 11.8 Å². The van der Waals surface area contributed by atoms with Gasteiger partial charge in [0.15, 0.2) is 0 Å². The summed E-state index contributed by atoms with van der Waals surface area (Å²) in [5, 5.41) is 1.14. The van der Waals surface area contributed by atoms with Gasteiger partial charge in [-0.3, -0.25) is 4.90 Å². The van der Waals surface area contributed by atoms with Gasteiger partial charge in [0.1, 0.15) is 5.75 Å². The largest absolute Gasteiger partial charge is 0.504 e. The van der Waals surface area contributed by atoms with Crippen LogP contribution in [0, 0.1) is 11.8 Å². The van der Waals surface area contributed by atoms with Crippen molar-refractivity contribution >= 4 is 16.9 Å². The van der Waals surface area contributed by atoms with Gasteiger partial charge in [-0.1, -0.05) is 13.3 Å². The minimum atomic E-state index is -0.308. The molecular weight excluding hydrogens is 432 g/mol. The van der Waals surface area contributed by atoms with Crippen LogP contribution in [0.2, 0.25) is 0 Å². The molecule has 5 rings (SSSR count). The van der Waals surface area contributed by atoms with E-state index in [4.69, 9.17) is 18.6 Å². The fourth-order valence-corrected chi connectivity index (χ4v) is 6.01. The van der Waals surface area contributed by atoms with Gasteiger partial charge in [0, 0.05) is 40.8 Å². The molecule has 1 saturated heterocycles. The third-order valence-electron chi connectivity index (χ3n) is 7.62. The van der Waals surface area contributed by atoms with Crippen LogP contribution in [0.4, 0.5) is 0 Å². The van der Waals surface area contributed by atoms with Crippen molar-refractivity contribution in [3.8, 4) is 16.9 Å². The molecule has 0 aliphatic carbocycles. The van der Waals surface area contributed by atoms with E-state index < -0.39 is 0 Å². The number of nitrogens with zero attached hydrogens (tertiary/aromatic N) is 1. The molecule has 0 spiro atoms. The summed E-state index contributed by atoms with van der Waals surface area (Å²) in [6.07, 6.45) is 7.78. The predicted molar refractivity (Wildman–Crippen MR) is 130 cm³/mol. The highest BCUT2D eigenvalue weighted by molar-refractivity contribution is 5.97. The summed E-state index contributed by atoms with van der Waals surface area (Å²) in [4.78, 5) is 18.9. The van der Waals surface area contributed by atoms with Crippen molar-refractivity contribution in [2.75, 3.05) is 34.4 Å². The minimum absolute atomic E-state index is 0.0689. The maximum atomic E-state index is 12.6. The Morgan fingerprint density at radius 1 is 1.26 bits per heavy atom. The molecule has 180 valence electrons. The highest BCUT2D eigenvalue weighted by atomic mass is 16.5. The molecule has 1 N–H and O–H groups in total. The zero-order valence-electron chi connectivity index (χ0n) is 20.2. The number of aromatic nitrogens is 1. The molecule has 1 fully saturated rings. The van der Waals surface area contributed by atoms with Crippen LogP contribution in [-0.2, 0) is 20.7 Å². The van der Waals surface area contributed by atoms with Crippen molar-refractivity contribution in [3.63, 3.8) is 0 Å². The second-order valence-corrected chi connectivity index (χ2v) is 9.17. The number of nitrogens with one attached hydrogen (secondary N) is 1.